The van der Waals surface area contributed by atoms with Crippen LogP contribution in [0.2, 0.25) is 0 Å². The molecular formula is C4H6N2O2S3. The summed E-state index contributed by atoms with van der Waals surface area (Å²) in [5, 5.41) is 17.5. The van der Waals surface area contributed by atoms with E-state index in [1.54, 1.807) is 0 Å². The van der Waals surface area contributed by atoms with E-state index in [1.165, 1.54) is 20.7 Å². The van der Waals surface area contributed by atoms with Gasteiger partial charge in [0.15, 0.2) is 7.91 Å². The van der Waals surface area contributed by atoms with Crippen LogP contribution >= 0.6 is 35.8 Å². The molecule has 7 heteroatoms. The van der Waals surface area contributed by atoms with Gasteiger partial charge >= 0.3 is 0 Å². The smallest absolute Gasteiger partial charge is 0.180 e. The molecule has 0 aliphatic heterocycles. The molecule has 0 amide bonds. The van der Waals surface area contributed by atoms with Gasteiger partial charge in [0.2, 0.25) is 0 Å². The monoisotopic (exact) mass is 210 g/mol. The van der Waals surface area contributed by atoms with Gasteiger partial charge in [0, 0.05) is 0 Å². The summed E-state index contributed by atoms with van der Waals surface area (Å²) < 4.78 is 3.60. The van der Waals surface area contributed by atoms with E-state index in [4.69, 9.17) is 34.6 Å². The van der Waals surface area contributed by atoms with Gasteiger partial charge in [-0.3, -0.25) is 0 Å². The summed E-state index contributed by atoms with van der Waals surface area (Å²) in [7, 11) is 0. The van der Waals surface area contributed by atoms with E-state index in [0.717, 1.165) is 0 Å². The predicted octanol–water partition coefficient (Wildman–Crippen LogP) is 0.710. The number of hydrogen-bond donors (Lipinski definition) is 2. The van der Waals surface area contributed by atoms with Crippen molar-refractivity contribution in [1.82, 2.24) is 9.36 Å². The Kier molecular flexibility index (Phi) is 2.90. The molecule has 1 heterocycles. The highest BCUT2D eigenvalue weighted by atomic mass is 32.2. The van der Waals surface area contributed by atoms with Crippen molar-refractivity contribution in [1.29, 1.82) is 0 Å². The molecule has 0 saturated carbocycles. The molecule has 0 aromatic carbocycles. The predicted molar refractivity (Wildman–Crippen MR) is 46.4 cm³/mol. The maximum atomic E-state index is 8.77. The molecule has 4 nitrogen and oxygen atoms in total. The van der Waals surface area contributed by atoms with Crippen molar-refractivity contribution >= 4 is 35.8 Å². The van der Waals surface area contributed by atoms with Gasteiger partial charge in [0.25, 0.3) is 0 Å². The zero-order valence-electron chi connectivity index (χ0n) is 5.43. The van der Waals surface area contributed by atoms with Crippen molar-refractivity contribution in [2.75, 3.05) is 0 Å². The van der Waals surface area contributed by atoms with Crippen LogP contribution in [0.1, 0.15) is 0 Å². The van der Waals surface area contributed by atoms with Crippen LogP contribution in [0.25, 0.3) is 0 Å². The second kappa shape index (κ2) is 3.55. The summed E-state index contributed by atoms with van der Waals surface area (Å²) in [6, 6.07) is 0. The number of aliphatic hydroxyl groups is 2. The standard InChI is InChI=1S/C4H6N2O2S3/c7-1-5-3(9)11-4(10)6(5)2-8/h7-8H,1-2H2. The quantitative estimate of drug-likeness (QED) is 0.706. The third kappa shape index (κ3) is 1.57. The highest BCUT2D eigenvalue weighted by molar-refractivity contribution is 7.75. The fourth-order valence-electron chi connectivity index (χ4n) is 0.645. The van der Waals surface area contributed by atoms with Crippen molar-refractivity contribution in [3.63, 3.8) is 0 Å². The summed E-state index contributed by atoms with van der Waals surface area (Å²) in [6.45, 7) is -0.515. The minimum atomic E-state index is -0.257. The van der Waals surface area contributed by atoms with E-state index in [-0.39, 0.29) is 13.5 Å². The molecule has 0 spiro atoms. The summed E-state index contributed by atoms with van der Waals surface area (Å²) in [5.74, 6) is 0. The lowest BCUT2D eigenvalue weighted by Gasteiger charge is -2.03. The molecule has 2 N–H and O–H groups in total. The molecule has 0 aliphatic rings. The van der Waals surface area contributed by atoms with Crippen LogP contribution in [-0.4, -0.2) is 19.6 Å². The second-order valence-electron chi connectivity index (χ2n) is 1.72. The number of rotatable bonds is 2. The summed E-state index contributed by atoms with van der Waals surface area (Å²) >= 11 is 10.9. The largest absolute Gasteiger partial charge is 0.374 e. The van der Waals surface area contributed by atoms with Gasteiger partial charge in [-0.15, -0.1) is 0 Å². The SMILES string of the molecule is OCn1c(=S)sc(=S)n1CO. The fraction of sp³-hybridized carbons (Fsp3) is 0.500. The lowest BCUT2D eigenvalue weighted by Crippen LogP contribution is -2.12. The van der Waals surface area contributed by atoms with Crippen molar-refractivity contribution < 1.29 is 10.2 Å². The van der Waals surface area contributed by atoms with Crippen LogP contribution in [0, 0.1) is 7.91 Å². The number of hydrogen-bond acceptors (Lipinski definition) is 5. The number of nitrogens with zero attached hydrogens (tertiary/aromatic N) is 2. The Hall–Kier alpha value is -0.0800. The van der Waals surface area contributed by atoms with E-state index in [9.17, 15) is 0 Å². The van der Waals surface area contributed by atoms with Gasteiger partial charge < -0.3 is 10.2 Å². The first-order chi connectivity index (χ1) is 5.20. The normalized spacial score (nSPS) is 10.4. The summed E-state index contributed by atoms with van der Waals surface area (Å²) in [6.07, 6.45) is 0. The molecule has 11 heavy (non-hydrogen) atoms. The van der Waals surface area contributed by atoms with Crippen molar-refractivity contribution in [3.05, 3.63) is 7.91 Å². The molecule has 62 valence electrons. The van der Waals surface area contributed by atoms with Crippen LogP contribution in [0.4, 0.5) is 0 Å². The first-order valence-electron chi connectivity index (χ1n) is 2.73. The Morgan fingerprint density at radius 3 is 1.73 bits per heavy atom. The molecule has 1 rings (SSSR count). The van der Waals surface area contributed by atoms with E-state index in [0.29, 0.717) is 7.91 Å². The molecule has 0 radical (unpaired) electrons. The van der Waals surface area contributed by atoms with Gasteiger partial charge in [-0.25, -0.2) is 9.36 Å². The molecule has 0 unspecified atom stereocenters. The average Bonchev–Trinajstić information content (AvgIpc) is 2.24. The highest BCUT2D eigenvalue weighted by Gasteiger charge is 2.00. The molecule has 1 aromatic rings. The maximum Gasteiger partial charge on any atom is 0.180 e. The minimum absolute atomic E-state index is 0.257. The second-order valence-corrected chi connectivity index (χ2v) is 3.98. The van der Waals surface area contributed by atoms with Gasteiger partial charge in [0.1, 0.15) is 13.5 Å². The van der Waals surface area contributed by atoms with E-state index in [1.807, 2.05) is 0 Å². The van der Waals surface area contributed by atoms with Gasteiger partial charge in [-0.2, -0.15) is 0 Å². The number of aromatic nitrogens is 2. The Bertz CT molecular complexity index is 316. The molecule has 0 fully saturated rings. The molecule has 0 saturated heterocycles. The van der Waals surface area contributed by atoms with Gasteiger partial charge in [-0.05, 0) is 24.4 Å². The molecule has 0 aliphatic carbocycles. The van der Waals surface area contributed by atoms with Crippen LogP contribution < -0.4 is 0 Å². The zero-order chi connectivity index (χ0) is 8.43. The third-order valence-corrected chi connectivity index (χ3v) is 2.85. The van der Waals surface area contributed by atoms with Crippen LogP contribution in [0.5, 0.6) is 0 Å². The molecule has 0 atom stereocenters. The Morgan fingerprint density at radius 1 is 1.09 bits per heavy atom. The minimum Gasteiger partial charge on any atom is -0.374 e. The lowest BCUT2D eigenvalue weighted by molar-refractivity contribution is 0.119. The summed E-state index contributed by atoms with van der Waals surface area (Å²) in [5.41, 5.74) is 0. The summed E-state index contributed by atoms with van der Waals surface area (Å²) in [4.78, 5) is 0. The van der Waals surface area contributed by atoms with Gasteiger partial charge in [0.05, 0.1) is 0 Å². The average molecular weight is 210 g/mol. The van der Waals surface area contributed by atoms with Crippen LogP contribution in [-0.2, 0) is 13.5 Å². The van der Waals surface area contributed by atoms with Crippen LogP contribution in [0.3, 0.4) is 0 Å². The highest BCUT2D eigenvalue weighted by Crippen LogP contribution is 2.06. The topological polar surface area (TPSA) is 50.3 Å². The number of aliphatic hydroxyl groups excluding tert-OH is 2. The molecule has 0 bridgehead atoms. The van der Waals surface area contributed by atoms with E-state index >= 15 is 0 Å². The third-order valence-electron chi connectivity index (χ3n) is 1.16. The fourth-order valence-corrected chi connectivity index (χ4v) is 2.26. The van der Waals surface area contributed by atoms with E-state index in [2.05, 4.69) is 0 Å². The first-order valence-corrected chi connectivity index (χ1v) is 4.36. The molecular weight excluding hydrogens is 204 g/mol. The lowest BCUT2D eigenvalue weighted by atomic mass is 11.1. The van der Waals surface area contributed by atoms with Gasteiger partial charge in [-0.1, -0.05) is 11.3 Å². The maximum absolute atomic E-state index is 8.77. The van der Waals surface area contributed by atoms with E-state index < -0.39 is 0 Å². The zero-order valence-corrected chi connectivity index (χ0v) is 7.88. The Balaban J connectivity index is 3.41. The van der Waals surface area contributed by atoms with Crippen molar-refractivity contribution in [2.45, 2.75) is 13.5 Å². The Labute approximate surface area is 76.9 Å². The van der Waals surface area contributed by atoms with Crippen molar-refractivity contribution in [2.24, 2.45) is 0 Å². The molecule has 1 aromatic heterocycles. The first kappa shape index (κ1) is 9.01. The van der Waals surface area contributed by atoms with Crippen molar-refractivity contribution in [3.8, 4) is 0 Å². The van der Waals surface area contributed by atoms with Crippen LogP contribution in [0.15, 0.2) is 0 Å². The Morgan fingerprint density at radius 2 is 1.45 bits per heavy atom.